The first kappa shape index (κ1) is 28.9. The Kier molecular flexibility index (Phi) is 8.31. The molecule has 1 fully saturated rings. The number of aromatic carboxylic acids is 1. The fourth-order valence-electron chi connectivity index (χ4n) is 5.33. The van der Waals surface area contributed by atoms with Crippen molar-refractivity contribution in [2.24, 2.45) is 7.05 Å². The van der Waals surface area contributed by atoms with E-state index in [0.29, 0.717) is 22.8 Å². The number of benzene rings is 2. The van der Waals surface area contributed by atoms with Gasteiger partial charge in [-0.05, 0) is 63.2 Å². The number of aryl methyl sites for hydroxylation is 1. The molecular formula is C30H28F3N5O4. The summed E-state index contributed by atoms with van der Waals surface area (Å²) in [5.41, 5.74) is 1.86. The number of halogens is 3. The number of alkyl halides is 2. The number of ether oxygens (including phenoxy) is 2. The molecule has 0 spiro atoms. The number of nitriles is 1. The largest absolute Gasteiger partial charge is 0.478 e. The minimum absolute atomic E-state index is 0.0139. The lowest BCUT2D eigenvalue weighted by atomic mass is 9.92. The molecule has 1 saturated heterocycles. The molecule has 1 N–H and O–H groups in total. The van der Waals surface area contributed by atoms with E-state index in [1.54, 1.807) is 17.7 Å². The number of piperidine rings is 1. The van der Waals surface area contributed by atoms with Crippen LogP contribution in [0.3, 0.4) is 0 Å². The number of pyridine rings is 1. The third kappa shape index (κ3) is 6.01. The van der Waals surface area contributed by atoms with Gasteiger partial charge in [0.1, 0.15) is 23.8 Å². The number of likely N-dealkylation sites (tertiary alicyclic amines) is 1. The van der Waals surface area contributed by atoms with Crippen LogP contribution >= 0.6 is 0 Å². The smallest absolute Gasteiger partial charge is 0.387 e. The summed E-state index contributed by atoms with van der Waals surface area (Å²) < 4.78 is 52.4. The van der Waals surface area contributed by atoms with Gasteiger partial charge < -0.3 is 19.1 Å². The van der Waals surface area contributed by atoms with Crippen LogP contribution in [0.25, 0.3) is 11.0 Å². The van der Waals surface area contributed by atoms with Crippen LogP contribution in [0.2, 0.25) is 0 Å². The lowest BCUT2D eigenvalue weighted by Gasteiger charge is -2.35. The van der Waals surface area contributed by atoms with Crippen LogP contribution in [0.5, 0.6) is 11.6 Å². The van der Waals surface area contributed by atoms with E-state index in [0.717, 1.165) is 37.7 Å². The number of rotatable bonds is 9. The van der Waals surface area contributed by atoms with E-state index in [-0.39, 0.29) is 41.0 Å². The van der Waals surface area contributed by atoms with Crippen molar-refractivity contribution in [1.29, 1.82) is 5.26 Å². The van der Waals surface area contributed by atoms with Gasteiger partial charge >= 0.3 is 12.6 Å². The highest BCUT2D eigenvalue weighted by molar-refractivity contribution is 5.95. The van der Waals surface area contributed by atoms with E-state index in [9.17, 15) is 23.1 Å². The van der Waals surface area contributed by atoms with E-state index < -0.39 is 18.4 Å². The quantitative estimate of drug-likeness (QED) is 0.265. The highest BCUT2D eigenvalue weighted by atomic mass is 19.3. The molecule has 0 radical (unpaired) electrons. The number of carboxylic acid groups (broad SMARTS) is 1. The summed E-state index contributed by atoms with van der Waals surface area (Å²) in [5.74, 6) is -0.871. The van der Waals surface area contributed by atoms with Gasteiger partial charge in [-0.2, -0.15) is 14.0 Å². The average Bonchev–Trinajstić information content (AvgIpc) is 3.32. The molecule has 9 nitrogen and oxygen atoms in total. The summed E-state index contributed by atoms with van der Waals surface area (Å²) in [6.07, 6.45) is 1.61. The van der Waals surface area contributed by atoms with Crippen molar-refractivity contribution in [3.63, 3.8) is 0 Å². The number of carboxylic acids is 1. The molecule has 0 saturated carbocycles. The lowest BCUT2D eigenvalue weighted by Crippen LogP contribution is -2.36. The minimum Gasteiger partial charge on any atom is -0.478 e. The minimum atomic E-state index is -3.12. The van der Waals surface area contributed by atoms with Gasteiger partial charge in [0.2, 0.25) is 5.88 Å². The summed E-state index contributed by atoms with van der Waals surface area (Å²) in [6.45, 7) is 0.286. The van der Waals surface area contributed by atoms with Crippen LogP contribution in [-0.2, 0) is 13.7 Å². The molecule has 0 bridgehead atoms. The van der Waals surface area contributed by atoms with E-state index >= 15 is 0 Å². The molecule has 0 unspecified atom stereocenters. The number of fused-ring (bicyclic) bond motifs is 1. The predicted molar refractivity (Wildman–Crippen MR) is 146 cm³/mol. The highest BCUT2D eigenvalue weighted by Gasteiger charge is 2.29. The van der Waals surface area contributed by atoms with Gasteiger partial charge in [-0.3, -0.25) is 4.90 Å². The summed E-state index contributed by atoms with van der Waals surface area (Å²) in [4.78, 5) is 23.0. The van der Waals surface area contributed by atoms with Gasteiger partial charge in [-0.1, -0.05) is 12.1 Å². The van der Waals surface area contributed by atoms with Crippen molar-refractivity contribution in [3.8, 4) is 17.7 Å². The molecule has 3 heterocycles. The van der Waals surface area contributed by atoms with Gasteiger partial charge in [-0.25, -0.2) is 19.2 Å². The summed E-state index contributed by atoms with van der Waals surface area (Å²) >= 11 is 0. The Balaban J connectivity index is 1.26. The first-order valence-corrected chi connectivity index (χ1v) is 13.4. The number of hydrogen-bond acceptors (Lipinski definition) is 7. The second-order valence-corrected chi connectivity index (χ2v) is 10.1. The first-order valence-electron chi connectivity index (χ1n) is 13.4. The molecule has 12 heteroatoms. The molecule has 5 rings (SSSR count). The first-order chi connectivity index (χ1) is 20.1. The van der Waals surface area contributed by atoms with Crippen molar-refractivity contribution < 1.29 is 32.5 Å². The molecule has 1 aliphatic heterocycles. The van der Waals surface area contributed by atoms with Crippen LogP contribution < -0.4 is 9.47 Å². The van der Waals surface area contributed by atoms with Crippen molar-refractivity contribution in [3.05, 3.63) is 82.6 Å². The fourth-order valence-corrected chi connectivity index (χ4v) is 5.33. The van der Waals surface area contributed by atoms with E-state index in [2.05, 4.69) is 19.6 Å². The third-order valence-electron chi connectivity index (χ3n) is 7.62. The zero-order valence-corrected chi connectivity index (χ0v) is 22.9. The van der Waals surface area contributed by atoms with Gasteiger partial charge in [-0.15, -0.1) is 0 Å². The summed E-state index contributed by atoms with van der Waals surface area (Å²) in [5, 5.41) is 18.4. The number of carbonyl (C=O) groups is 1. The molecule has 1 atom stereocenters. The van der Waals surface area contributed by atoms with Crippen LogP contribution in [0.15, 0.2) is 48.5 Å². The molecule has 42 heavy (non-hydrogen) atoms. The molecule has 1 aliphatic rings. The molecule has 0 aliphatic carbocycles. The van der Waals surface area contributed by atoms with E-state index in [1.165, 1.54) is 24.3 Å². The van der Waals surface area contributed by atoms with Crippen LogP contribution in [0.1, 0.15) is 64.7 Å². The van der Waals surface area contributed by atoms with Crippen LogP contribution in [0.4, 0.5) is 13.2 Å². The van der Waals surface area contributed by atoms with Gasteiger partial charge in [0.25, 0.3) is 0 Å². The van der Waals surface area contributed by atoms with Crippen molar-refractivity contribution in [1.82, 2.24) is 19.4 Å². The maximum Gasteiger partial charge on any atom is 0.387 e. The zero-order valence-electron chi connectivity index (χ0n) is 22.9. The topological polar surface area (TPSA) is 113 Å². The Morgan fingerprint density at radius 1 is 1.17 bits per heavy atom. The number of hydrogen-bond donors (Lipinski definition) is 1. The summed E-state index contributed by atoms with van der Waals surface area (Å²) in [6, 6.07) is 13.9. The normalized spacial score (nSPS) is 15.1. The Bertz CT molecular complexity index is 1660. The fraction of sp³-hybridized carbons (Fsp3) is 0.333. The molecule has 2 aromatic heterocycles. The SMILES string of the molecule is C[C@@H](c1nc2c(OC(F)F)cc(C(=O)O)cc2n1C)N1CCC(c2cccc(OCc3ccc(C#N)cc3F)n2)CC1. The Labute approximate surface area is 239 Å². The Morgan fingerprint density at radius 2 is 1.93 bits per heavy atom. The lowest BCUT2D eigenvalue weighted by molar-refractivity contribution is -0.0489. The molecule has 0 amide bonds. The second-order valence-electron chi connectivity index (χ2n) is 10.1. The predicted octanol–water partition coefficient (Wildman–Crippen LogP) is 5.80. The summed E-state index contributed by atoms with van der Waals surface area (Å²) in [7, 11) is 1.73. The maximum absolute atomic E-state index is 14.2. The molecule has 4 aromatic rings. The standard InChI is InChI=1S/C30H28F3N5O4/c1-17(28-36-27-24(37(28)2)13-21(29(39)40)14-25(27)42-30(32)33)38-10-8-19(9-11-38)23-4-3-5-26(35-23)41-16-20-7-6-18(15-34)12-22(20)31/h3-7,12-14,17,19,30H,8-11,16H2,1-2H3,(H,39,40)/t17-/m0/s1. The van der Waals surface area contributed by atoms with Crippen molar-refractivity contribution >= 4 is 17.0 Å². The number of imidazole rings is 1. The third-order valence-corrected chi connectivity index (χ3v) is 7.62. The molecular weight excluding hydrogens is 551 g/mol. The van der Waals surface area contributed by atoms with E-state index in [4.69, 9.17) is 10.00 Å². The van der Waals surface area contributed by atoms with Crippen molar-refractivity contribution in [2.75, 3.05) is 13.1 Å². The Hall–Kier alpha value is -4.63. The Morgan fingerprint density at radius 3 is 2.60 bits per heavy atom. The number of nitrogens with zero attached hydrogens (tertiary/aromatic N) is 5. The molecule has 2 aromatic carbocycles. The average molecular weight is 580 g/mol. The van der Waals surface area contributed by atoms with Gasteiger partial charge in [0.15, 0.2) is 5.75 Å². The maximum atomic E-state index is 14.2. The van der Waals surface area contributed by atoms with Crippen LogP contribution in [0, 0.1) is 17.1 Å². The monoisotopic (exact) mass is 579 g/mol. The second kappa shape index (κ2) is 12.1. The zero-order chi connectivity index (χ0) is 30.0. The molecule has 218 valence electrons. The van der Waals surface area contributed by atoms with Crippen LogP contribution in [-0.4, -0.2) is 50.2 Å². The number of aromatic nitrogens is 3. The van der Waals surface area contributed by atoms with E-state index in [1.807, 2.05) is 25.1 Å². The van der Waals surface area contributed by atoms with Gasteiger partial charge in [0.05, 0.1) is 28.8 Å². The van der Waals surface area contributed by atoms with Crippen molar-refractivity contribution in [2.45, 2.75) is 44.9 Å². The van der Waals surface area contributed by atoms with Gasteiger partial charge in [0, 0.05) is 30.3 Å². The highest BCUT2D eigenvalue weighted by Crippen LogP contribution is 2.35.